The maximum atomic E-state index is 11.8. The Kier molecular flexibility index (Phi) is 6.64. The summed E-state index contributed by atoms with van der Waals surface area (Å²) in [7, 11) is 1.84. The molecule has 0 heterocycles. The predicted molar refractivity (Wildman–Crippen MR) is 79.7 cm³/mol. The largest absolute Gasteiger partial charge is 0.345 e. The minimum atomic E-state index is 0.0620. The van der Waals surface area contributed by atoms with E-state index in [9.17, 15) is 9.59 Å². The van der Waals surface area contributed by atoms with Gasteiger partial charge in [-0.1, -0.05) is 25.5 Å². The summed E-state index contributed by atoms with van der Waals surface area (Å²) in [5.41, 5.74) is 0.704. The molecule has 1 rings (SSSR count). The Hall–Kier alpha value is -1.29. The monoisotopic (exact) mass is 279 g/mol. The fourth-order valence-corrected chi connectivity index (χ4v) is 2.40. The third kappa shape index (κ3) is 5.47. The van der Waals surface area contributed by atoms with Gasteiger partial charge >= 0.3 is 0 Å². The van der Waals surface area contributed by atoms with Gasteiger partial charge in [-0.2, -0.15) is 0 Å². The fraction of sp³-hybridized carbons (Fsp3) is 0.467. The number of nitrogens with zero attached hydrogens (tertiary/aromatic N) is 1. The van der Waals surface area contributed by atoms with Crippen molar-refractivity contribution in [3.8, 4) is 0 Å². The summed E-state index contributed by atoms with van der Waals surface area (Å²) in [6.45, 7) is 4.48. The Bertz CT molecular complexity index is 428. The van der Waals surface area contributed by atoms with E-state index in [2.05, 4.69) is 6.92 Å². The number of unbranched alkanes of at least 4 members (excludes halogenated alkanes) is 1. The van der Waals surface area contributed by atoms with Gasteiger partial charge in [-0.05, 0) is 25.5 Å². The number of rotatable bonds is 7. The minimum absolute atomic E-state index is 0.0620. The first-order chi connectivity index (χ1) is 9.04. The third-order valence-electron chi connectivity index (χ3n) is 2.90. The summed E-state index contributed by atoms with van der Waals surface area (Å²) < 4.78 is 0. The van der Waals surface area contributed by atoms with Crippen LogP contribution in [0.1, 0.15) is 37.0 Å². The first-order valence-corrected chi connectivity index (χ1v) is 7.51. The molecule has 0 saturated heterocycles. The van der Waals surface area contributed by atoms with Crippen molar-refractivity contribution in [2.75, 3.05) is 19.3 Å². The molecule has 0 fully saturated rings. The van der Waals surface area contributed by atoms with Crippen LogP contribution < -0.4 is 0 Å². The predicted octanol–water partition coefficient (Wildman–Crippen LogP) is 3.24. The second kappa shape index (κ2) is 8.00. The Morgan fingerprint density at radius 2 is 1.84 bits per heavy atom. The summed E-state index contributed by atoms with van der Waals surface area (Å²) in [4.78, 5) is 25.8. The average molecular weight is 279 g/mol. The molecule has 0 aliphatic carbocycles. The van der Waals surface area contributed by atoms with Gasteiger partial charge in [0.15, 0.2) is 5.78 Å². The summed E-state index contributed by atoms with van der Waals surface area (Å²) in [6.07, 6.45) is 2.14. The van der Waals surface area contributed by atoms with Gasteiger partial charge in [-0.3, -0.25) is 9.59 Å². The van der Waals surface area contributed by atoms with E-state index < -0.39 is 0 Å². The van der Waals surface area contributed by atoms with Gasteiger partial charge < -0.3 is 4.90 Å². The Labute approximate surface area is 119 Å². The van der Waals surface area contributed by atoms with Crippen LogP contribution in [0.25, 0.3) is 0 Å². The molecule has 0 bridgehead atoms. The number of thioether (sulfide) groups is 1. The van der Waals surface area contributed by atoms with E-state index >= 15 is 0 Å². The Morgan fingerprint density at radius 1 is 1.21 bits per heavy atom. The number of carbonyl (C=O) groups excluding carboxylic acids is 2. The molecule has 1 aromatic carbocycles. The van der Waals surface area contributed by atoms with Crippen molar-refractivity contribution in [3.05, 3.63) is 29.8 Å². The van der Waals surface area contributed by atoms with Crippen LogP contribution in [0.2, 0.25) is 0 Å². The van der Waals surface area contributed by atoms with Crippen molar-refractivity contribution in [3.63, 3.8) is 0 Å². The van der Waals surface area contributed by atoms with E-state index in [0.717, 1.165) is 24.3 Å². The molecule has 104 valence electrons. The van der Waals surface area contributed by atoms with E-state index in [-0.39, 0.29) is 11.7 Å². The summed E-state index contributed by atoms with van der Waals surface area (Å²) in [5.74, 6) is 0.653. The fourth-order valence-electron chi connectivity index (χ4n) is 1.56. The number of carbonyl (C=O) groups is 2. The molecule has 1 aromatic rings. The molecule has 0 spiro atoms. The van der Waals surface area contributed by atoms with Gasteiger partial charge in [0.2, 0.25) is 5.91 Å². The molecular weight excluding hydrogens is 258 g/mol. The lowest BCUT2D eigenvalue weighted by Crippen LogP contribution is -2.29. The molecule has 19 heavy (non-hydrogen) atoms. The first-order valence-electron chi connectivity index (χ1n) is 6.52. The summed E-state index contributed by atoms with van der Waals surface area (Å²) >= 11 is 1.51. The summed E-state index contributed by atoms with van der Waals surface area (Å²) in [5, 5.41) is 0. The molecule has 4 heteroatoms. The van der Waals surface area contributed by atoms with Crippen LogP contribution in [0.15, 0.2) is 29.2 Å². The van der Waals surface area contributed by atoms with Crippen LogP contribution in [-0.4, -0.2) is 35.9 Å². The zero-order valence-electron chi connectivity index (χ0n) is 11.8. The van der Waals surface area contributed by atoms with Crippen molar-refractivity contribution in [2.24, 2.45) is 0 Å². The first kappa shape index (κ1) is 15.8. The number of benzene rings is 1. The zero-order valence-corrected chi connectivity index (χ0v) is 12.6. The molecule has 1 amide bonds. The highest BCUT2D eigenvalue weighted by molar-refractivity contribution is 8.00. The average Bonchev–Trinajstić information content (AvgIpc) is 2.42. The highest BCUT2D eigenvalue weighted by atomic mass is 32.2. The van der Waals surface area contributed by atoms with Crippen LogP contribution in [0.5, 0.6) is 0 Å². The highest BCUT2D eigenvalue weighted by Crippen LogP contribution is 2.19. The molecule has 0 atom stereocenters. The number of hydrogen-bond donors (Lipinski definition) is 0. The molecule has 0 aliphatic heterocycles. The molecule has 0 aliphatic rings. The zero-order chi connectivity index (χ0) is 14.3. The number of amides is 1. The number of Topliss-reactive ketones (excluding diaryl/α,β-unsaturated/α-hetero) is 1. The molecule has 0 radical (unpaired) electrons. The smallest absolute Gasteiger partial charge is 0.232 e. The number of ketones is 1. The molecule has 0 unspecified atom stereocenters. The van der Waals surface area contributed by atoms with Crippen LogP contribution >= 0.6 is 11.8 Å². The van der Waals surface area contributed by atoms with E-state index in [0.29, 0.717) is 11.3 Å². The van der Waals surface area contributed by atoms with Crippen molar-refractivity contribution in [1.82, 2.24) is 4.90 Å². The van der Waals surface area contributed by atoms with Crippen molar-refractivity contribution in [1.29, 1.82) is 0 Å². The van der Waals surface area contributed by atoms with Gasteiger partial charge in [-0.25, -0.2) is 0 Å². The van der Waals surface area contributed by atoms with Crippen LogP contribution in [-0.2, 0) is 4.79 Å². The Morgan fingerprint density at radius 3 is 2.37 bits per heavy atom. The SMILES string of the molecule is CCCCN(C)C(=O)CSc1ccc(C(C)=O)cc1. The molecular formula is C15H21NO2S. The van der Waals surface area contributed by atoms with Crippen molar-refractivity contribution < 1.29 is 9.59 Å². The summed E-state index contributed by atoms with van der Waals surface area (Å²) in [6, 6.07) is 7.38. The lowest BCUT2D eigenvalue weighted by Gasteiger charge is -2.16. The van der Waals surface area contributed by atoms with E-state index in [4.69, 9.17) is 0 Å². The second-order valence-electron chi connectivity index (χ2n) is 4.54. The van der Waals surface area contributed by atoms with Gasteiger partial charge in [0.1, 0.15) is 0 Å². The maximum Gasteiger partial charge on any atom is 0.232 e. The molecule has 3 nitrogen and oxygen atoms in total. The molecule has 0 aromatic heterocycles. The molecule has 0 saturated carbocycles. The van der Waals surface area contributed by atoms with Crippen molar-refractivity contribution >= 4 is 23.5 Å². The van der Waals surface area contributed by atoms with Crippen molar-refractivity contribution in [2.45, 2.75) is 31.6 Å². The van der Waals surface area contributed by atoms with Crippen LogP contribution in [0.3, 0.4) is 0 Å². The number of hydrogen-bond acceptors (Lipinski definition) is 3. The maximum absolute atomic E-state index is 11.8. The van der Waals surface area contributed by atoms with Gasteiger partial charge in [-0.15, -0.1) is 11.8 Å². The van der Waals surface area contributed by atoms with Gasteiger partial charge in [0, 0.05) is 24.1 Å². The topological polar surface area (TPSA) is 37.4 Å². The second-order valence-corrected chi connectivity index (χ2v) is 5.59. The quantitative estimate of drug-likeness (QED) is 0.568. The van der Waals surface area contributed by atoms with E-state index in [1.165, 1.54) is 11.8 Å². The van der Waals surface area contributed by atoms with Gasteiger partial charge in [0.05, 0.1) is 5.75 Å². The third-order valence-corrected chi connectivity index (χ3v) is 3.89. The lowest BCUT2D eigenvalue weighted by molar-refractivity contribution is -0.127. The minimum Gasteiger partial charge on any atom is -0.345 e. The standard InChI is InChI=1S/C15H21NO2S/c1-4-5-10-16(3)15(18)11-19-14-8-6-13(7-9-14)12(2)17/h6-9H,4-5,10-11H2,1-3H3. The Balaban J connectivity index is 2.43. The molecule has 0 N–H and O–H groups in total. The lowest BCUT2D eigenvalue weighted by atomic mass is 10.2. The van der Waals surface area contributed by atoms with Gasteiger partial charge in [0.25, 0.3) is 0 Å². The normalized spacial score (nSPS) is 10.3. The van der Waals surface area contributed by atoms with Crippen LogP contribution in [0, 0.1) is 0 Å². The van der Waals surface area contributed by atoms with E-state index in [1.807, 2.05) is 19.2 Å². The van der Waals surface area contributed by atoms with Crippen LogP contribution in [0.4, 0.5) is 0 Å². The van der Waals surface area contributed by atoms with E-state index in [1.54, 1.807) is 24.0 Å². The highest BCUT2D eigenvalue weighted by Gasteiger charge is 2.08.